The Bertz CT molecular complexity index is 611. The Hall–Kier alpha value is -1.75. The minimum atomic E-state index is -0.179. The van der Waals surface area contributed by atoms with Gasteiger partial charge in [0.2, 0.25) is 0 Å². The lowest BCUT2D eigenvalue weighted by molar-refractivity contribution is 0.354. The Kier molecular flexibility index (Phi) is 5.07. The van der Waals surface area contributed by atoms with Crippen molar-refractivity contribution in [3.8, 4) is 11.5 Å². The van der Waals surface area contributed by atoms with Crippen LogP contribution >= 0.6 is 11.6 Å². The van der Waals surface area contributed by atoms with E-state index < -0.39 is 0 Å². The van der Waals surface area contributed by atoms with Crippen LogP contribution in [0.15, 0.2) is 36.4 Å². The molecule has 2 rings (SSSR count). The molecule has 0 aromatic heterocycles. The van der Waals surface area contributed by atoms with Gasteiger partial charge in [0, 0.05) is 5.02 Å². The maximum Gasteiger partial charge on any atom is 0.161 e. The molecule has 21 heavy (non-hydrogen) atoms. The number of hydrazine groups is 1. The fourth-order valence-corrected chi connectivity index (χ4v) is 2.65. The van der Waals surface area contributed by atoms with Gasteiger partial charge in [-0.15, -0.1) is 0 Å². The van der Waals surface area contributed by atoms with Crippen molar-refractivity contribution in [2.24, 2.45) is 5.84 Å². The van der Waals surface area contributed by atoms with Crippen molar-refractivity contribution >= 4 is 11.6 Å². The van der Waals surface area contributed by atoms with E-state index in [1.807, 2.05) is 43.3 Å². The summed E-state index contributed by atoms with van der Waals surface area (Å²) < 4.78 is 10.6. The molecule has 0 heterocycles. The molecule has 0 saturated heterocycles. The SMILES string of the molecule is COc1ccc(C(NN)c2cc(C)cc(Cl)c2)cc1OC. The normalized spacial score (nSPS) is 12.0. The molecule has 5 heteroatoms. The molecule has 3 N–H and O–H groups in total. The lowest BCUT2D eigenvalue weighted by Gasteiger charge is -2.19. The van der Waals surface area contributed by atoms with Gasteiger partial charge in [0.05, 0.1) is 20.3 Å². The van der Waals surface area contributed by atoms with Gasteiger partial charge in [-0.25, -0.2) is 5.43 Å². The van der Waals surface area contributed by atoms with E-state index >= 15 is 0 Å². The lowest BCUT2D eigenvalue weighted by Crippen LogP contribution is -2.28. The molecular formula is C16H19ClN2O2. The van der Waals surface area contributed by atoms with E-state index in [2.05, 4.69) is 5.43 Å². The largest absolute Gasteiger partial charge is 0.493 e. The van der Waals surface area contributed by atoms with Crippen molar-refractivity contribution < 1.29 is 9.47 Å². The number of hydrogen-bond acceptors (Lipinski definition) is 4. The first-order chi connectivity index (χ1) is 10.1. The second kappa shape index (κ2) is 6.80. The number of methoxy groups -OCH3 is 2. The molecule has 2 aromatic carbocycles. The Morgan fingerprint density at radius 2 is 1.71 bits per heavy atom. The first-order valence-electron chi connectivity index (χ1n) is 6.54. The Balaban J connectivity index is 2.45. The van der Waals surface area contributed by atoms with Crippen LogP contribution in [0.3, 0.4) is 0 Å². The van der Waals surface area contributed by atoms with Crippen LogP contribution in [-0.4, -0.2) is 14.2 Å². The Morgan fingerprint density at radius 3 is 2.29 bits per heavy atom. The highest BCUT2D eigenvalue weighted by atomic mass is 35.5. The van der Waals surface area contributed by atoms with Gasteiger partial charge in [-0.3, -0.25) is 5.84 Å². The average molecular weight is 307 g/mol. The number of halogens is 1. The molecule has 0 spiro atoms. The maximum atomic E-state index is 6.13. The molecule has 0 fully saturated rings. The van der Waals surface area contributed by atoms with Crippen molar-refractivity contribution in [3.63, 3.8) is 0 Å². The van der Waals surface area contributed by atoms with E-state index in [-0.39, 0.29) is 6.04 Å². The van der Waals surface area contributed by atoms with Crippen LogP contribution in [0.2, 0.25) is 5.02 Å². The molecule has 0 radical (unpaired) electrons. The fourth-order valence-electron chi connectivity index (χ4n) is 2.35. The predicted octanol–water partition coefficient (Wildman–Crippen LogP) is 3.22. The van der Waals surface area contributed by atoms with Crippen molar-refractivity contribution in [1.82, 2.24) is 5.43 Å². The minimum absolute atomic E-state index is 0.179. The summed E-state index contributed by atoms with van der Waals surface area (Å²) in [6, 6.07) is 11.4. The number of nitrogens with one attached hydrogen (secondary N) is 1. The van der Waals surface area contributed by atoms with Crippen LogP contribution in [0.25, 0.3) is 0 Å². The molecule has 0 aliphatic carbocycles. The van der Waals surface area contributed by atoms with Gasteiger partial charge in [-0.2, -0.15) is 0 Å². The van der Waals surface area contributed by atoms with Crippen molar-refractivity contribution in [1.29, 1.82) is 0 Å². The zero-order chi connectivity index (χ0) is 15.4. The van der Waals surface area contributed by atoms with Crippen LogP contribution in [-0.2, 0) is 0 Å². The number of nitrogens with two attached hydrogens (primary N) is 1. The molecular weight excluding hydrogens is 288 g/mol. The first kappa shape index (κ1) is 15.6. The molecule has 0 amide bonds. The summed E-state index contributed by atoms with van der Waals surface area (Å²) in [5.74, 6) is 7.07. The van der Waals surface area contributed by atoms with E-state index in [0.717, 1.165) is 16.7 Å². The van der Waals surface area contributed by atoms with Crippen LogP contribution < -0.4 is 20.7 Å². The van der Waals surface area contributed by atoms with E-state index in [0.29, 0.717) is 16.5 Å². The topological polar surface area (TPSA) is 56.5 Å². The standard InChI is InChI=1S/C16H19ClN2O2/c1-10-6-12(8-13(17)7-10)16(19-18)11-4-5-14(20-2)15(9-11)21-3/h4-9,16,19H,18H2,1-3H3. The van der Waals surface area contributed by atoms with Crippen LogP contribution in [0.5, 0.6) is 11.5 Å². The predicted molar refractivity (Wildman–Crippen MR) is 84.9 cm³/mol. The number of ether oxygens (including phenoxy) is 2. The van der Waals surface area contributed by atoms with Crippen molar-refractivity contribution in [2.45, 2.75) is 13.0 Å². The van der Waals surface area contributed by atoms with Crippen molar-refractivity contribution in [3.05, 3.63) is 58.1 Å². The van der Waals surface area contributed by atoms with E-state index in [9.17, 15) is 0 Å². The van der Waals surface area contributed by atoms with E-state index in [1.54, 1.807) is 14.2 Å². The zero-order valence-electron chi connectivity index (χ0n) is 12.3. The molecule has 112 valence electrons. The molecule has 0 aliphatic rings. The summed E-state index contributed by atoms with van der Waals surface area (Å²) in [4.78, 5) is 0. The Labute approximate surface area is 129 Å². The maximum absolute atomic E-state index is 6.13. The molecule has 1 atom stereocenters. The second-order valence-electron chi connectivity index (χ2n) is 4.78. The number of hydrogen-bond donors (Lipinski definition) is 2. The highest BCUT2D eigenvalue weighted by Gasteiger charge is 2.16. The molecule has 2 aromatic rings. The number of aryl methyl sites for hydroxylation is 1. The summed E-state index contributed by atoms with van der Waals surface area (Å²) in [6.45, 7) is 2.00. The molecule has 0 aliphatic heterocycles. The van der Waals surface area contributed by atoms with E-state index in [1.165, 1.54) is 0 Å². The third-order valence-corrected chi connectivity index (χ3v) is 3.52. The number of rotatable bonds is 5. The third-order valence-electron chi connectivity index (χ3n) is 3.31. The van der Waals surface area contributed by atoms with Crippen molar-refractivity contribution in [2.75, 3.05) is 14.2 Å². The summed E-state index contributed by atoms with van der Waals surface area (Å²) in [7, 11) is 3.21. The first-order valence-corrected chi connectivity index (χ1v) is 6.92. The molecule has 1 unspecified atom stereocenters. The van der Waals surface area contributed by atoms with E-state index in [4.69, 9.17) is 26.9 Å². The van der Waals surface area contributed by atoms with Gasteiger partial charge in [0.15, 0.2) is 11.5 Å². The van der Waals surface area contributed by atoms with Gasteiger partial charge in [-0.05, 0) is 47.9 Å². The highest BCUT2D eigenvalue weighted by molar-refractivity contribution is 6.30. The third kappa shape index (κ3) is 3.47. The highest BCUT2D eigenvalue weighted by Crippen LogP contribution is 2.32. The minimum Gasteiger partial charge on any atom is -0.493 e. The summed E-state index contributed by atoms with van der Waals surface area (Å²) in [5.41, 5.74) is 5.87. The average Bonchev–Trinajstić information content (AvgIpc) is 2.46. The van der Waals surface area contributed by atoms with Gasteiger partial charge >= 0.3 is 0 Å². The van der Waals surface area contributed by atoms with Gasteiger partial charge in [-0.1, -0.05) is 23.7 Å². The summed E-state index contributed by atoms with van der Waals surface area (Å²) in [6.07, 6.45) is 0. The van der Waals surface area contributed by atoms with Crippen LogP contribution in [0, 0.1) is 6.92 Å². The zero-order valence-corrected chi connectivity index (χ0v) is 13.1. The molecule has 0 saturated carbocycles. The fraction of sp³-hybridized carbons (Fsp3) is 0.250. The lowest BCUT2D eigenvalue weighted by atomic mass is 9.97. The summed E-state index contributed by atoms with van der Waals surface area (Å²) >= 11 is 6.13. The quantitative estimate of drug-likeness (QED) is 0.658. The molecule has 0 bridgehead atoms. The monoisotopic (exact) mass is 306 g/mol. The van der Waals surface area contributed by atoms with Crippen LogP contribution in [0.4, 0.5) is 0 Å². The van der Waals surface area contributed by atoms with Gasteiger partial charge in [0.1, 0.15) is 0 Å². The van der Waals surface area contributed by atoms with Crippen LogP contribution in [0.1, 0.15) is 22.7 Å². The second-order valence-corrected chi connectivity index (χ2v) is 5.21. The van der Waals surface area contributed by atoms with Gasteiger partial charge in [0.25, 0.3) is 0 Å². The smallest absolute Gasteiger partial charge is 0.161 e. The molecule has 4 nitrogen and oxygen atoms in total. The summed E-state index contributed by atoms with van der Waals surface area (Å²) in [5, 5.41) is 0.686. The van der Waals surface area contributed by atoms with Gasteiger partial charge < -0.3 is 9.47 Å². The Morgan fingerprint density at radius 1 is 1.00 bits per heavy atom. The number of benzene rings is 2.